The van der Waals surface area contributed by atoms with Gasteiger partial charge < -0.3 is 4.74 Å². The first-order valence-corrected chi connectivity index (χ1v) is 10.6. The zero-order valence-corrected chi connectivity index (χ0v) is 18.0. The Balaban J connectivity index is 1.60. The van der Waals surface area contributed by atoms with Gasteiger partial charge in [-0.1, -0.05) is 11.6 Å². The van der Waals surface area contributed by atoms with E-state index in [0.717, 1.165) is 29.8 Å². The lowest BCUT2D eigenvalue weighted by molar-refractivity contribution is 0.00465. The third-order valence-electron chi connectivity index (χ3n) is 5.68. The van der Waals surface area contributed by atoms with Crippen LogP contribution in [-0.4, -0.2) is 31.3 Å². The van der Waals surface area contributed by atoms with Gasteiger partial charge in [-0.25, -0.2) is 14.4 Å². The maximum absolute atomic E-state index is 14.8. The van der Waals surface area contributed by atoms with E-state index in [1.54, 1.807) is 23.0 Å². The molecule has 1 saturated heterocycles. The fraction of sp³-hybridized carbons (Fsp3) is 0.304. The summed E-state index contributed by atoms with van der Waals surface area (Å²) in [5.41, 5.74) is 4.89. The molecule has 4 aromatic rings. The molecule has 0 radical (unpaired) electrons. The van der Waals surface area contributed by atoms with Crippen LogP contribution in [0.15, 0.2) is 42.9 Å². The van der Waals surface area contributed by atoms with E-state index in [2.05, 4.69) is 15.1 Å². The van der Waals surface area contributed by atoms with Crippen molar-refractivity contribution in [3.63, 3.8) is 0 Å². The normalized spacial score (nSPS) is 19.1. The molecule has 0 saturated carbocycles. The third-order valence-corrected chi connectivity index (χ3v) is 5.91. The van der Waals surface area contributed by atoms with Crippen molar-refractivity contribution in [2.24, 2.45) is 7.05 Å². The predicted molar refractivity (Wildman–Crippen MR) is 116 cm³/mol. The number of hydrogen-bond acceptors (Lipinski definition) is 5. The van der Waals surface area contributed by atoms with E-state index >= 15 is 0 Å². The Kier molecular flexibility index (Phi) is 5.16. The largest absolute Gasteiger partial charge is 0.373 e. The van der Waals surface area contributed by atoms with Gasteiger partial charge >= 0.3 is 0 Å². The molecular formula is C23H21ClFN5O. The average Bonchev–Trinajstić information content (AvgIpc) is 3.19. The molecular weight excluding hydrogens is 417 g/mol. The van der Waals surface area contributed by atoms with Crippen molar-refractivity contribution in [3.05, 3.63) is 70.6 Å². The molecule has 1 aromatic carbocycles. The second-order valence-corrected chi connectivity index (χ2v) is 8.37. The van der Waals surface area contributed by atoms with E-state index in [0.29, 0.717) is 33.9 Å². The highest BCUT2D eigenvalue weighted by Crippen LogP contribution is 2.39. The Hall–Kier alpha value is -2.90. The summed E-state index contributed by atoms with van der Waals surface area (Å²) >= 11 is 5.97. The highest BCUT2D eigenvalue weighted by molar-refractivity contribution is 6.30. The first-order chi connectivity index (χ1) is 15.0. The summed E-state index contributed by atoms with van der Waals surface area (Å²) in [6.45, 7) is 2.49. The van der Waals surface area contributed by atoms with Crippen molar-refractivity contribution in [2.75, 3.05) is 6.61 Å². The molecule has 1 aliphatic heterocycles. The molecule has 31 heavy (non-hydrogen) atoms. The maximum atomic E-state index is 14.8. The van der Waals surface area contributed by atoms with Gasteiger partial charge in [-0.05, 0) is 44.0 Å². The zero-order valence-electron chi connectivity index (χ0n) is 17.2. The van der Waals surface area contributed by atoms with Gasteiger partial charge in [-0.2, -0.15) is 5.10 Å². The Morgan fingerprint density at radius 1 is 1.16 bits per heavy atom. The molecule has 1 aliphatic rings. The van der Waals surface area contributed by atoms with Crippen LogP contribution in [0.25, 0.3) is 22.3 Å². The van der Waals surface area contributed by atoms with Gasteiger partial charge in [-0.15, -0.1) is 0 Å². The van der Waals surface area contributed by atoms with Crippen molar-refractivity contribution < 1.29 is 9.13 Å². The van der Waals surface area contributed by atoms with Crippen LogP contribution >= 0.6 is 11.6 Å². The quantitative estimate of drug-likeness (QED) is 0.443. The summed E-state index contributed by atoms with van der Waals surface area (Å²) in [4.78, 5) is 13.9. The smallest absolute Gasteiger partial charge is 0.179 e. The summed E-state index contributed by atoms with van der Waals surface area (Å²) in [5.74, 6) is -0.242. The fourth-order valence-electron chi connectivity index (χ4n) is 4.13. The highest BCUT2D eigenvalue weighted by atomic mass is 35.5. The second-order valence-electron chi connectivity index (χ2n) is 7.93. The van der Waals surface area contributed by atoms with Gasteiger partial charge in [0.05, 0.1) is 18.0 Å². The van der Waals surface area contributed by atoms with Crippen LogP contribution in [0, 0.1) is 12.7 Å². The summed E-state index contributed by atoms with van der Waals surface area (Å²) in [5, 5.41) is 4.61. The molecule has 8 heteroatoms. The van der Waals surface area contributed by atoms with Gasteiger partial charge in [0.25, 0.3) is 0 Å². The summed E-state index contributed by atoms with van der Waals surface area (Å²) in [6, 6.07) is 6.62. The number of fused-ring (bicyclic) bond motifs is 1. The zero-order chi connectivity index (χ0) is 21.5. The predicted octanol–water partition coefficient (Wildman–Crippen LogP) is 5.16. The average molecular weight is 438 g/mol. The van der Waals surface area contributed by atoms with Crippen LogP contribution in [0.3, 0.4) is 0 Å². The van der Waals surface area contributed by atoms with E-state index < -0.39 is 5.82 Å². The topological polar surface area (TPSA) is 65.7 Å². The lowest BCUT2D eigenvalue weighted by atomic mass is 9.88. The van der Waals surface area contributed by atoms with Gasteiger partial charge in [0.1, 0.15) is 11.3 Å². The minimum atomic E-state index is -0.395. The number of nitrogens with zero attached hydrogens (tertiary/aromatic N) is 5. The van der Waals surface area contributed by atoms with Gasteiger partial charge in [0.15, 0.2) is 5.65 Å². The fourth-order valence-corrected chi connectivity index (χ4v) is 4.29. The van der Waals surface area contributed by atoms with Crippen molar-refractivity contribution in [1.29, 1.82) is 0 Å². The van der Waals surface area contributed by atoms with Crippen molar-refractivity contribution in [1.82, 2.24) is 24.7 Å². The van der Waals surface area contributed by atoms with Gasteiger partial charge in [0.2, 0.25) is 0 Å². The van der Waals surface area contributed by atoms with Gasteiger partial charge in [-0.3, -0.25) is 9.67 Å². The van der Waals surface area contributed by atoms with Crippen LogP contribution in [0.4, 0.5) is 4.39 Å². The number of pyridine rings is 1. The highest BCUT2D eigenvalue weighted by Gasteiger charge is 2.28. The van der Waals surface area contributed by atoms with Crippen molar-refractivity contribution in [2.45, 2.75) is 31.8 Å². The number of aromatic nitrogens is 5. The molecule has 5 rings (SSSR count). The maximum Gasteiger partial charge on any atom is 0.179 e. The molecule has 0 unspecified atom stereocenters. The molecule has 0 amide bonds. The molecule has 0 bridgehead atoms. The molecule has 0 aliphatic carbocycles. The SMILES string of the molecule is Cc1cnc2c(-c3ccc(Cl)cc3F)cc([C@@H]3CCO[C@H](c4cnn(C)c4)C3)nc2n1. The molecule has 2 atom stereocenters. The lowest BCUT2D eigenvalue weighted by Gasteiger charge is -2.29. The molecule has 158 valence electrons. The molecule has 1 fully saturated rings. The van der Waals surface area contributed by atoms with Crippen LogP contribution in [-0.2, 0) is 11.8 Å². The third kappa shape index (κ3) is 3.91. The monoisotopic (exact) mass is 437 g/mol. The Morgan fingerprint density at radius 2 is 2.03 bits per heavy atom. The number of ether oxygens (including phenoxy) is 1. The standard InChI is InChI=1S/C23H21ClFN5O/c1-13-10-26-22-18(17-4-3-16(24)8-19(17)25)9-20(29-23(22)28-13)14-5-6-31-21(7-14)15-11-27-30(2)12-15/h3-4,8-12,14,21H,5-7H2,1-2H3/t14-,21+/m1/s1. The molecule has 4 heterocycles. The summed E-state index contributed by atoms with van der Waals surface area (Å²) in [7, 11) is 1.89. The van der Waals surface area contributed by atoms with Crippen molar-refractivity contribution >= 4 is 22.8 Å². The van der Waals surface area contributed by atoms with E-state index in [1.165, 1.54) is 6.07 Å². The van der Waals surface area contributed by atoms with E-state index in [-0.39, 0.29) is 12.0 Å². The number of halogens is 2. The minimum absolute atomic E-state index is 0.0516. The van der Waals surface area contributed by atoms with Crippen molar-refractivity contribution in [3.8, 4) is 11.1 Å². The molecule has 0 N–H and O–H groups in total. The van der Waals surface area contributed by atoms with Crippen LogP contribution in [0.1, 0.15) is 41.8 Å². The van der Waals surface area contributed by atoms with Crippen LogP contribution in [0.2, 0.25) is 5.02 Å². The van der Waals surface area contributed by atoms with E-state index in [9.17, 15) is 4.39 Å². The first-order valence-electron chi connectivity index (χ1n) is 10.2. The minimum Gasteiger partial charge on any atom is -0.373 e. The number of rotatable bonds is 3. The van der Waals surface area contributed by atoms with Crippen LogP contribution in [0.5, 0.6) is 0 Å². The number of aryl methyl sites for hydroxylation is 2. The molecule has 3 aromatic heterocycles. The molecule has 0 spiro atoms. The summed E-state index contributed by atoms with van der Waals surface area (Å²) < 4.78 is 22.6. The van der Waals surface area contributed by atoms with Gasteiger partial charge in [0, 0.05) is 59.4 Å². The molecule has 6 nitrogen and oxygen atoms in total. The number of benzene rings is 1. The van der Waals surface area contributed by atoms with E-state index in [4.69, 9.17) is 21.3 Å². The lowest BCUT2D eigenvalue weighted by Crippen LogP contribution is -2.19. The van der Waals surface area contributed by atoms with Crippen LogP contribution < -0.4 is 0 Å². The number of hydrogen-bond donors (Lipinski definition) is 0. The second kappa shape index (κ2) is 7.98. The Labute approximate surface area is 184 Å². The summed E-state index contributed by atoms with van der Waals surface area (Å²) in [6.07, 6.45) is 7.04. The Morgan fingerprint density at radius 3 is 2.81 bits per heavy atom. The first kappa shape index (κ1) is 20.0. The van der Waals surface area contributed by atoms with E-state index in [1.807, 2.05) is 32.4 Å². The Bertz CT molecular complexity index is 1270.